The summed E-state index contributed by atoms with van der Waals surface area (Å²) in [7, 11) is 0. The third-order valence-corrected chi connectivity index (χ3v) is 2.72. The lowest BCUT2D eigenvalue weighted by molar-refractivity contribution is 0.0300. The molecule has 0 spiro atoms. The van der Waals surface area contributed by atoms with Gasteiger partial charge in [0.2, 0.25) is 0 Å². The summed E-state index contributed by atoms with van der Waals surface area (Å²) in [6.07, 6.45) is 16.8. The zero-order valence-corrected chi connectivity index (χ0v) is 11.2. The van der Waals surface area contributed by atoms with Crippen molar-refractivity contribution >= 4 is 0 Å². The van der Waals surface area contributed by atoms with Gasteiger partial charge >= 0.3 is 0 Å². The van der Waals surface area contributed by atoms with Crippen LogP contribution >= 0.6 is 0 Å². The van der Waals surface area contributed by atoms with Crippen molar-refractivity contribution in [3.05, 3.63) is 82.5 Å². The summed E-state index contributed by atoms with van der Waals surface area (Å²) in [5.41, 5.74) is 1.48. The summed E-state index contributed by atoms with van der Waals surface area (Å²) in [6, 6.07) is 0. The molecule has 2 aliphatic rings. The summed E-state index contributed by atoms with van der Waals surface area (Å²) in [5.74, 6) is 0. The van der Waals surface area contributed by atoms with Gasteiger partial charge in [-0.3, -0.25) is 0 Å². The highest BCUT2D eigenvalue weighted by Gasteiger charge is 2.03. The van der Waals surface area contributed by atoms with E-state index in [-0.39, 0.29) is 0 Å². The van der Waals surface area contributed by atoms with Crippen LogP contribution in [0.1, 0.15) is 0 Å². The van der Waals surface area contributed by atoms with Gasteiger partial charge in [-0.15, -0.1) is 9.81 Å². The first-order valence-corrected chi connectivity index (χ1v) is 6.19. The van der Waals surface area contributed by atoms with E-state index in [9.17, 15) is 9.81 Å². The molecule has 7 nitrogen and oxygen atoms in total. The molecule has 7 heteroatoms. The van der Waals surface area contributed by atoms with Crippen LogP contribution in [0.15, 0.2) is 83.0 Å². The normalized spacial score (nSPS) is 16.4. The number of ether oxygens (including phenoxy) is 1. The van der Waals surface area contributed by atoms with E-state index in [0.717, 1.165) is 11.1 Å². The summed E-state index contributed by atoms with van der Waals surface area (Å²) in [5, 5.41) is 5.42. The third-order valence-electron chi connectivity index (χ3n) is 2.72. The van der Waals surface area contributed by atoms with E-state index in [0.29, 0.717) is 13.5 Å². The lowest BCUT2D eigenvalue weighted by Gasteiger charge is -2.22. The molecule has 0 saturated heterocycles. The molecule has 0 aromatic carbocycles. The second-order valence-electron chi connectivity index (χ2n) is 4.22. The second kappa shape index (κ2) is 7.71. The Hall–Kier alpha value is -2.80. The number of hydrogen-bond acceptors (Lipinski definition) is 7. The number of nitroso groups, excluding NO2 is 2. The smallest absolute Gasteiger partial charge is 0.124 e. The van der Waals surface area contributed by atoms with Crippen molar-refractivity contribution in [2.24, 2.45) is 10.4 Å². The Morgan fingerprint density at radius 2 is 1.19 bits per heavy atom. The molecule has 0 bridgehead atoms. The first-order chi connectivity index (χ1) is 10.3. The Morgan fingerprint density at radius 1 is 0.810 bits per heavy atom. The van der Waals surface area contributed by atoms with Crippen LogP contribution in [-0.2, 0) is 4.74 Å². The van der Waals surface area contributed by atoms with E-state index in [1.807, 2.05) is 9.80 Å². The van der Waals surface area contributed by atoms with Crippen molar-refractivity contribution < 1.29 is 4.74 Å². The Bertz CT molecular complexity index is 491. The quantitative estimate of drug-likeness (QED) is 0.702. The minimum absolute atomic E-state index is 0.381. The SMILES string of the molecule is O=NC=C1C=CN(COCN2C=CC(=CN=O)C=C2)C=C1. The van der Waals surface area contributed by atoms with Crippen molar-refractivity contribution in [1.29, 1.82) is 0 Å². The van der Waals surface area contributed by atoms with Crippen LogP contribution in [0.2, 0.25) is 0 Å². The van der Waals surface area contributed by atoms with Crippen LogP contribution in [0.25, 0.3) is 0 Å². The molecule has 0 aliphatic carbocycles. The molecule has 0 aromatic rings. The van der Waals surface area contributed by atoms with Gasteiger partial charge in [0.05, 0.1) is 12.4 Å². The highest BCUT2D eigenvalue weighted by molar-refractivity contribution is 5.33. The molecule has 0 saturated carbocycles. The molecule has 2 heterocycles. The Balaban J connectivity index is 1.72. The van der Waals surface area contributed by atoms with Gasteiger partial charge in [0.25, 0.3) is 0 Å². The number of hydrogen-bond donors (Lipinski definition) is 0. The Kier molecular flexibility index (Phi) is 5.36. The van der Waals surface area contributed by atoms with Crippen LogP contribution in [0.5, 0.6) is 0 Å². The molecule has 2 rings (SSSR count). The predicted octanol–water partition coefficient (Wildman–Crippen LogP) is 2.90. The zero-order chi connectivity index (χ0) is 14.9. The lowest BCUT2D eigenvalue weighted by Crippen LogP contribution is -2.22. The molecule has 0 N–H and O–H groups in total. The van der Waals surface area contributed by atoms with Crippen LogP contribution in [0.3, 0.4) is 0 Å². The third kappa shape index (κ3) is 4.66. The van der Waals surface area contributed by atoms with Crippen molar-refractivity contribution in [1.82, 2.24) is 9.80 Å². The highest BCUT2D eigenvalue weighted by atomic mass is 16.5. The van der Waals surface area contributed by atoms with Crippen LogP contribution in [0, 0.1) is 9.81 Å². The standard InChI is InChI=1S/C14H14N4O3/c19-15-9-13-1-5-17(6-2-13)11-21-12-18-7-3-14(4-8-18)10-16-20/h1-10H,11-12H2. The lowest BCUT2D eigenvalue weighted by atomic mass is 10.2. The average molecular weight is 286 g/mol. The molecular weight excluding hydrogens is 272 g/mol. The molecule has 0 unspecified atom stereocenters. The molecule has 0 radical (unpaired) electrons. The van der Waals surface area contributed by atoms with E-state index in [4.69, 9.17) is 4.74 Å². The Labute approximate surface area is 121 Å². The average Bonchev–Trinajstić information content (AvgIpc) is 2.51. The molecule has 0 aromatic heterocycles. The fraction of sp³-hybridized carbons (Fsp3) is 0.143. The molecule has 2 aliphatic heterocycles. The van der Waals surface area contributed by atoms with Gasteiger partial charge in [0, 0.05) is 24.8 Å². The molecule has 108 valence electrons. The van der Waals surface area contributed by atoms with Gasteiger partial charge < -0.3 is 14.5 Å². The maximum atomic E-state index is 10.1. The van der Waals surface area contributed by atoms with E-state index in [1.54, 1.807) is 49.1 Å². The molecule has 0 fully saturated rings. The molecule has 0 amide bonds. The van der Waals surface area contributed by atoms with Crippen LogP contribution < -0.4 is 0 Å². The van der Waals surface area contributed by atoms with E-state index in [1.165, 1.54) is 12.4 Å². The van der Waals surface area contributed by atoms with Crippen molar-refractivity contribution in [3.63, 3.8) is 0 Å². The summed E-state index contributed by atoms with van der Waals surface area (Å²) in [6.45, 7) is 0.761. The van der Waals surface area contributed by atoms with Gasteiger partial charge in [-0.05, 0) is 45.8 Å². The topological polar surface area (TPSA) is 74.6 Å². The minimum atomic E-state index is 0.381. The fourth-order valence-corrected chi connectivity index (χ4v) is 1.66. The van der Waals surface area contributed by atoms with Gasteiger partial charge in [-0.25, -0.2) is 0 Å². The molecule has 21 heavy (non-hydrogen) atoms. The summed E-state index contributed by atoms with van der Waals surface area (Å²) >= 11 is 0. The van der Waals surface area contributed by atoms with Crippen LogP contribution in [-0.4, -0.2) is 23.3 Å². The number of allylic oxidation sites excluding steroid dienone is 6. The maximum absolute atomic E-state index is 10.1. The largest absolute Gasteiger partial charge is 0.340 e. The van der Waals surface area contributed by atoms with Gasteiger partial charge in [0.15, 0.2) is 0 Å². The van der Waals surface area contributed by atoms with Gasteiger partial charge in [0.1, 0.15) is 13.5 Å². The van der Waals surface area contributed by atoms with Crippen molar-refractivity contribution in [3.8, 4) is 0 Å². The first-order valence-electron chi connectivity index (χ1n) is 6.19. The van der Waals surface area contributed by atoms with E-state index in [2.05, 4.69) is 10.4 Å². The van der Waals surface area contributed by atoms with Crippen molar-refractivity contribution in [2.75, 3.05) is 13.5 Å². The van der Waals surface area contributed by atoms with Gasteiger partial charge in [-0.1, -0.05) is 0 Å². The molecular formula is C14H14N4O3. The number of nitrogens with zero attached hydrogens (tertiary/aromatic N) is 4. The van der Waals surface area contributed by atoms with Crippen LogP contribution in [0.4, 0.5) is 0 Å². The Morgan fingerprint density at radius 3 is 1.52 bits per heavy atom. The fourth-order valence-electron chi connectivity index (χ4n) is 1.66. The first kappa shape index (κ1) is 14.6. The summed E-state index contributed by atoms with van der Waals surface area (Å²) in [4.78, 5) is 23.8. The maximum Gasteiger partial charge on any atom is 0.124 e. The minimum Gasteiger partial charge on any atom is -0.340 e. The predicted molar refractivity (Wildman–Crippen MR) is 78.8 cm³/mol. The van der Waals surface area contributed by atoms with Gasteiger partial charge in [-0.2, -0.15) is 0 Å². The van der Waals surface area contributed by atoms with Crippen molar-refractivity contribution in [2.45, 2.75) is 0 Å². The molecule has 0 atom stereocenters. The monoisotopic (exact) mass is 286 g/mol. The van der Waals surface area contributed by atoms with E-state index >= 15 is 0 Å². The summed E-state index contributed by atoms with van der Waals surface area (Å²) < 4.78 is 5.54. The number of rotatable bonds is 6. The highest BCUT2D eigenvalue weighted by Crippen LogP contribution is 2.11. The second-order valence-corrected chi connectivity index (χ2v) is 4.22. The van der Waals surface area contributed by atoms with E-state index < -0.39 is 0 Å². The zero-order valence-electron chi connectivity index (χ0n) is 11.2.